The zero-order valence-electron chi connectivity index (χ0n) is 13.8. The summed E-state index contributed by atoms with van der Waals surface area (Å²) in [7, 11) is 0. The van der Waals surface area contributed by atoms with E-state index in [0.29, 0.717) is 26.2 Å². The van der Waals surface area contributed by atoms with Gasteiger partial charge in [-0.05, 0) is 23.8 Å². The van der Waals surface area contributed by atoms with E-state index in [4.69, 9.17) is 9.47 Å². The normalized spacial score (nSPS) is 18.9. The van der Waals surface area contributed by atoms with E-state index >= 15 is 0 Å². The van der Waals surface area contributed by atoms with Crippen LogP contribution in [0, 0.1) is 5.41 Å². The number of carbonyl (C=O) groups is 1. The summed E-state index contributed by atoms with van der Waals surface area (Å²) in [6, 6.07) is 3.90. The van der Waals surface area contributed by atoms with Crippen LogP contribution in [0.25, 0.3) is 0 Å². The van der Waals surface area contributed by atoms with Gasteiger partial charge in [-0.25, -0.2) is 4.79 Å². The fourth-order valence-corrected chi connectivity index (χ4v) is 3.48. The predicted molar refractivity (Wildman–Crippen MR) is 88.0 cm³/mol. The van der Waals surface area contributed by atoms with E-state index < -0.39 is 5.79 Å². The second-order valence-corrected chi connectivity index (χ2v) is 7.77. The zero-order valence-corrected chi connectivity index (χ0v) is 14.6. The van der Waals surface area contributed by atoms with Gasteiger partial charge in [-0.3, -0.25) is 0 Å². The highest BCUT2D eigenvalue weighted by Gasteiger charge is 2.31. The minimum atomic E-state index is -0.565. The first-order chi connectivity index (χ1) is 10.3. The SMILES string of the molecule is CC1(CCNC(=O)N[C@H](c2cccs2)C(C)(C)C)OCCO1. The first-order valence-electron chi connectivity index (χ1n) is 7.66. The van der Waals surface area contributed by atoms with Crippen molar-refractivity contribution in [3.8, 4) is 0 Å². The Balaban J connectivity index is 1.84. The van der Waals surface area contributed by atoms with Gasteiger partial charge in [0.1, 0.15) is 0 Å². The Labute approximate surface area is 136 Å². The highest BCUT2D eigenvalue weighted by Crippen LogP contribution is 2.35. The molecule has 0 spiro atoms. The van der Waals surface area contributed by atoms with Crippen LogP contribution in [-0.2, 0) is 9.47 Å². The molecule has 2 heterocycles. The quantitative estimate of drug-likeness (QED) is 0.873. The molecule has 1 aliphatic heterocycles. The van der Waals surface area contributed by atoms with Gasteiger partial charge in [-0.1, -0.05) is 26.8 Å². The van der Waals surface area contributed by atoms with Crippen LogP contribution < -0.4 is 10.6 Å². The molecule has 1 fully saturated rings. The van der Waals surface area contributed by atoms with Crippen molar-refractivity contribution in [1.82, 2.24) is 10.6 Å². The van der Waals surface area contributed by atoms with E-state index in [-0.39, 0.29) is 17.5 Å². The number of nitrogens with one attached hydrogen (secondary N) is 2. The number of hydrogen-bond acceptors (Lipinski definition) is 4. The Kier molecular flexibility index (Phi) is 5.47. The molecule has 124 valence electrons. The molecule has 0 radical (unpaired) electrons. The average Bonchev–Trinajstić information content (AvgIpc) is 3.06. The third kappa shape index (κ3) is 4.69. The molecule has 5 nitrogen and oxygen atoms in total. The largest absolute Gasteiger partial charge is 0.348 e. The van der Waals surface area contributed by atoms with Gasteiger partial charge in [0.25, 0.3) is 0 Å². The van der Waals surface area contributed by atoms with Crippen LogP contribution >= 0.6 is 11.3 Å². The minimum Gasteiger partial charge on any atom is -0.348 e. The van der Waals surface area contributed by atoms with Gasteiger partial charge >= 0.3 is 6.03 Å². The molecule has 1 saturated heterocycles. The number of urea groups is 1. The molecule has 1 aromatic heterocycles. The van der Waals surface area contributed by atoms with E-state index in [2.05, 4.69) is 37.5 Å². The van der Waals surface area contributed by atoms with Crippen molar-refractivity contribution in [2.45, 2.75) is 45.9 Å². The highest BCUT2D eigenvalue weighted by molar-refractivity contribution is 7.10. The Morgan fingerprint density at radius 3 is 2.64 bits per heavy atom. The van der Waals surface area contributed by atoms with Crippen molar-refractivity contribution in [3.05, 3.63) is 22.4 Å². The zero-order chi connectivity index (χ0) is 16.2. The molecule has 1 aliphatic rings. The lowest BCUT2D eigenvalue weighted by Gasteiger charge is -2.31. The fraction of sp³-hybridized carbons (Fsp3) is 0.688. The monoisotopic (exact) mass is 326 g/mol. The predicted octanol–water partition coefficient (Wildman–Crippen LogP) is 3.29. The van der Waals surface area contributed by atoms with Crippen LogP contribution in [0.4, 0.5) is 4.79 Å². The van der Waals surface area contributed by atoms with E-state index in [9.17, 15) is 4.79 Å². The van der Waals surface area contributed by atoms with Crippen LogP contribution in [-0.4, -0.2) is 31.6 Å². The number of hydrogen-bond donors (Lipinski definition) is 2. The number of rotatable bonds is 5. The van der Waals surface area contributed by atoms with E-state index in [1.165, 1.54) is 0 Å². The van der Waals surface area contributed by atoms with Gasteiger partial charge in [-0.2, -0.15) is 0 Å². The molecule has 0 unspecified atom stereocenters. The van der Waals surface area contributed by atoms with E-state index in [1.54, 1.807) is 11.3 Å². The topological polar surface area (TPSA) is 59.6 Å². The summed E-state index contributed by atoms with van der Waals surface area (Å²) in [5.41, 5.74) is -0.0498. The summed E-state index contributed by atoms with van der Waals surface area (Å²) in [4.78, 5) is 13.3. The van der Waals surface area contributed by atoms with Crippen LogP contribution in [0.3, 0.4) is 0 Å². The summed E-state index contributed by atoms with van der Waals surface area (Å²) in [5.74, 6) is -0.565. The molecule has 6 heteroatoms. The standard InChI is InChI=1S/C16H26N2O3S/c1-15(2,3)13(12-6-5-11-22-12)18-14(19)17-8-7-16(4)20-9-10-21-16/h5-6,11,13H,7-10H2,1-4H3,(H2,17,18,19)/t13-/m1/s1. The third-order valence-corrected chi connectivity index (χ3v) is 4.67. The smallest absolute Gasteiger partial charge is 0.315 e. The van der Waals surface area contributed by atoms with Crippen molar-refractivity contribution < 1.29 is 14.3 Å². The first-order valence-corrected chi connectivity index (χ1v) is 8.54. The lowest BCUT2D eigenvalue weighted by atomic mass is 9.86. The van der Waals surface area contributed by atoms with Gasteiger partial charge in [-0.15, -0.1) is 11.3 Å². The molecule has 2 N–H and O–H groups in total. The van der Waals surface area contributed by atoms with Gasteiger partial charge in [0.15, 0.2) is 5.79 Å². The highest BCUT2D eigenvalue weighted by atomic mass is 32.1. The Hall–Kier alpha value is -1.11. The maximum Gasteiger partial charge on any atom is 0.315 e. The van der Waals surface area contributed by atoms with Crippen molar-refractivity contribution >= 4 is 17.4 Å². The van der Waals surface area contributed by atoms with Crippen molar-refractivity contribution in [3.63, 3.8) is 0 Å². The molecule has 0 aromatic carbocycles. The second-order valence-electron chi connectivity index (χ2n) is 6.80. The number of carbonyl (C=O) groups excluding carboxylic acids is 1. The minimum absolute atomic E-state index is 0.0120. The molecule has 0 saturated carbocycles. The van der Waals surface area contributed by atoms with Crippen molar-refractivity contribution in [2.75, 3.05) is 19.8 Å². The summed E-state index contributed by atoms with van der Waals surface area (Å²) in [6.45, 7) is 10.0. The van der Waals surface area contributed by atoms with Crippen molar-refractivity contribution in [1.29, 1.82) is 0 Å². The number of amides is 2. The van der Waals surface area contributed by atoms with Gasteiger partial charge in [0, 0.05) is 17.8 Å². The van der Waals surface area contributed by atoms with Crippen molar-refractivity contribution in [2.24, 2.45) is 5.41 Å². The molecule has 1 aromatic rings. The first kappa shape index (κ1) is 17.2. The Morgan fingerprint density at radius 1 is 1.41 bits per heavy atom. The fourth-order valence-electron chi connectivity index (χ4n) is 2.46. The average molecular weight is 326 g/mol. The van der Waals surface area contributed by atoms with E-state index in [1.807, 2.05) is 18.4 Å². The lowest BCUT2D eigenvalue weighted by Crippen LogP contribution is -2.43. The maximum atomic E-state index is 12.2. The second kappa shape index (κ2) is 6.98. The summed E-state index contributed by atoms with van der Waals surface area (Å²) >= 11 is 1.66. The van der Waals surface area contributed by atoms with Crippen LogP contribution in [0.1, 0.15) is 45.0 Å². The van der Waals surface area contributed by atoms with Crippen LogP contribution in [0.5, 0.6) is 0 Å². The third-order valence-electron chi connectivity index (χ3n) is 3.73. The van der Waals surface area contributed by atoms with E-state index in [0.717, 1.165) is 4.88 Å². The van der Waals surface area contributed by atoms with Gasteiger partial charge < -0.3 is 20.1 Å². The molecule has 22 heavy (non-hydrogen) atoms. The summed E-state index contributed by atoms with van der Waals surface area (Å²) < 4.78 is 11.0. The van der Waals surface area contributed by atoms with Crippen LogP contribution in [0.15, 0.2) is 17.5 Å². The van der Waals surface area contributed by atoms with Gasteiger partial charge in [0.2, 0.25) is 0 Å². The summed E-state index contributed by atoms with van der Waals surface area (Å²) in [5, 5.41) is 8.00. The van der Waals surface area contributed by atoms with Gasteiger partial charge in [0.05, 0.1) is 19.3 Å². The molecule has 0 bridgehead atoms. The molecule has 2 rings (SSSR count). The number of ether oxygens (including phenoxy) is 2. The Bertz CT molecular complexity index is 476. The van der Waals surface area contributed by atoms with Crippen LogP contribution in [0.2, 0.25) is 0 Å². The molecule has 0 aliphatic carbocycles. The Morgan fingerprint density at radius 2 is 2.09 bits per heavy atom. The number of thiophene rings is 1. The molecule has 1 atom stereocenters. The molecular formula is C16H26N2O3S. The molecule has 2 amide bonds. The molecular weight excluding hydrogens is 300 g/mol. The summed E-state index contributed by atoms with van der Waals surface area (Å²) in [6.07, 6.45) is 0.638. The maximum absolute atomic E-state index is 12.2. The lowest BCUT2D eigenvalue weighted by molar-refractivity contribution is -0.145.